The van der Waals surface area contributed by atoms with Gasteiger partial charge in [0.05, 0.1) is 5.02 Å². The van der Waals surface area contributed by atoms with E-state index in [0.717, 1.165) is 4.47 Å². The van der Waals surface area contributed by atoms with Gasteiger partial charge in [-0.1, -0.05) is 27.5 Å². The van der Waals surface area contributed by atoms with Gasteiger partial charge in [0.1, 0.15) is 11.5 Å². The second-order valence-corrected chi connectivity index (χ2v) is 4.49. The molecule has 0 aliphatic rings. The number of benzene rings is 1. The molecule has 0 atom stereocenters. The Labute approximate surface area is 110 Å². The number of nitrogens with zero attached hydrogens (tertiary/aromatic N) is 3. The van der Waals surface area contributed by atoms with E-state index in [2.05, 4.69) is 36.4 Å². The number of nitrogens with two attached hydrogens (primary N) is 2. The van der Waals surface area contributed by atoms with Crippen LogP contribution in [-0.2, 0) is 0 Å². The van der Waals surface area contributed by atoms with Crippen molar-refractivity contribution in [2.75, 3.05) is 11.5 Å². The molecule has 88 valence electrons. The second kappa shape index (κ2) is 4.72. The van der Waals surface area contributed by atoms with Crippen LogP contribution >= 0.6 is 27.5 Å². The van der Waals surface area contributed by atoms with Crippen LogP contribution in [0.1, 0.15) is 0 Å². The summed E-state index contributed by atoms with van der Waals surface area (Å²) in [5, 5.41) is 14.6. The average Bonchev–Trinajstić information content (AvgIpc) is 2.58. The van der Waals surface area contributed by atoms with Crippen LogP contribution in [0, 0.1) is 0 Å². The highest BCUT2D eigenvalue weighted by molar-refractivity contribution is 9.10. The molecule has 0 unspecified atom stereocenters. The lowest BCUT2D eigenvalue weighted by Crippen LogP contribution is -1.84. The first-order valence-electron chi connectivity index (χ1n) is 4.54. The van der Waals surface area contributed by atoms with Crippen LogP contribution in [0.15, 0.2) is 32.9 Å². The van der Waals surface area contributed by atoms with Crippen molar-refractivity contribution in [1.29, 1.82) is 0 Å². The Hall–Kier alpha value is -1.60. The van der Waals surface area contributed by atoms with Crippen LogP contribution in [0.5, 0.6) is 0 Å². The van der Waals surface area contributed by atoms with Crippen molar-refractivity contribution in [3.8, 4) is 0 Å². The van der Waals surface area contributed by atoms with Gasteiger partial charge in [0.2, 0.25) is 0 Å². The van der Waals surface area contributed by atoms with Crippen molar-refractivity contribution in [3.05, 3.63) is 27.7 Å². The first kappa shape index (κ1) is 11.9. The third-order valence-corrected chi connectivity index (χ3v) is 2.76. The zero-order valence-electron chi connectivity index (χ0n) is 8.48. The van der Waals surface area contributed by atoms with Gasteiger partial charge in [-0.3, -0.25) is 5.10 Å². The largest absolute Gasteiger partial charge is 0.382 e. The molecule has 0 aliphatic heterocycles. The van der Waals surface area contributed by atoms with Crippen molar-refractivity contribution in [3.63, 3.8) is 0 Å². The average molecular weight is 316 g/mol. The summed E-state index contributed by atoms with van der Waals surface area (Å²) >= 11 is 9.28. The molecule has 0 radical (unpaired) electrons. The van der Waals surface area contributed by atoms with Crippen LogP contribution in [0.25, 0.3) is 0 Å². The van der Waals surface area contributed by atoms with Gasteiger partial charge in [-0.05, 0) is 18.2 Å². The van der Waals surface area contributed by atoms with E-state index >= 15 is 0 Å². The smallest absolute Gasteiger partial charge is 0.175 e. The Morgan fingerprint density at radius 1 is 1.29 bits per heavy atom. The molecule has 0 saturated heterocycles. The molecule has 1 heterocycles. The molecule has 2 rings (SSSR count). The number of aromatic nitrogens is 2. The molecule has 0 fully saturated rings. The van der Waals surface area contributed by atoms with Gasteiger partial charge < -0.3 is 11.5 Å². The molecule has 6 nitrogen and oxygen atoms in total. The molecule has 8 heteroatoms. The summed E-state index contributed by atoms with van der Waals surface area (Å²) in [5.74, 6) is 0.457. The quantitative estimate of drug-likeness (QED) is 0.739. The zero-order valence-corrected chi connectivity index (χ0v) is 10.8. The number of aromatic amines is 1. The minimum Gasteiger partial charge on any atom is -0.382 e. The summed E-state index contributed by atoms with van der Waals surface area (Å²) in [6.45, 7) is 0. The van der Waals surface area contributed by atoms with E-state index in [0.29, 0.717) is 16.4 Å². The molecule has 0 amide bonds. The Kier molecular flexibility index (Phi) is 3.30. The van der Waals surface area contributed by atoms with Crippen molar-refractivity contribution in [1.82, 2.24) is 10.2 Å². The Bertz CT molecular complexity index is 559. The number of nitrogens with one attached hydrogen (secondary N) is 1. The van der Waals surface area contributed by atoms with Crippen LogP contribution in [0.2, 0.25) is 5.02 Å². The van der Waals surface area contributed by atoms with Crippen LogP contribution in [0.3, 0.4) is 0 Å². The maximum Gasteiger partial charge on any atom is 0.175 e. The third kappa shape index (κ3) is 2.56. The van der Waals surface area contributed by atoms with Gasteiger partial charge in [0.25, 0.3) is 0 Å². The fourth-order valence-electron chi connectivity index (χ4n) is 1.14. The normalized spacial score (nSPS) is 11.2. The molecule has 17 heavy (non-hydrogen) atoms. The molecular weight excluding hydrogens is 307 g/mol. The minimum atomic E-state index is 0.194. The number of rotatable bonds is 2. The fourth-order valence-corrected chi connectivity index (χ4v) is 1.85. The number of nitrogen functional groups attached to an aromatic ring is 2. The maximum absolute atomic E-state index is 5.98. The van der Waals surface area contributed by atoms with E-state index in [4.69, 9.17) is 23.1 Å². The number of halogens is 2. The Morgan fingerprint density at radius 2 is 2.06 bits per heavy atom. The molecule has 0 bridgehead atoms. The lowest BCUT2D eigenvalue weighted by Gasteiger charge is -1.97. The highest BCUT2D eigenvalue weighted by Gasteiger charge is 2.07. The van der Waals surface area contributed by atoms with Crippen molar-refractivity contribution in [2.45, 2.75) is 0 Å². The van der Waals surface area contributed by atoms with Crippen molar-refractivity contribution >= 4 is 50.5 Å². The molecule has 0 spiro atoms. The maximum atomic E-state index is 5.98. The summed E-state index contributed by atoms with van der Waals surface area (Å²) in [4.78, 5) is 0. The molecule has 0 aliphatic carbocycles. The van der Waals surface area contributed by atoms with Gasteiger partial charge in [-0.25, -0.2) is 0 Å². The van der Waals surface area contributed by atoms with E-state index in [1.54, 1.807) is 12.1 Å². The van der Waals surface area contributed by atoms with E-state index in [-0.39, 0.29) is 11.6 Å². The van der Waals surface area contributed by atoms with Gasteiger partial charge in [-0.2, -0.15) is 5.10 Å². The number of hydrogen-bond donors (Lipinski definition) is 3. The number of anilines is 2. The van der Waals surface area contributed by atoms with Gasteiger partial charge in [-0.15, -0.1) is 10.2 Å². The highest BCUT2D eigenvalue weighted by Crippen LogP contribution is 2.32. The SMILES string of the molecule is Nc1n[nH]c(N)c1N=Nc1ccc(Br)cc1Cl. The summed E-state index contributed by atoms with van der Waals surface area (Å²) < 4.78 is 0.865. The van der Waals surface area contributed by atoms with E-state index in [9.17, 15) is 0 Å². The van der Waals surface area contributed by atoms with E-state index in [1.165, 1.54) is 0 Å². The first-order chi connectivity index (χ1) is 8.08. The van der Waals surface area contributed by atoms with Gasteiger partial charge in [0.15, 0.2) is 11.5 Å². The number of hydrogen-bond acceptors (Lipinski definition) is 5. The Balaban J connectivity index is 2.32. The van der Waals surface area contributed by atoms with Gasteiger partial charge in [0, 0.05) is 4.47 Å². The number of azo groups is 1. The van der Waals surface area contributed by atoms with Crippen LogP contribution < -0.4 is 11.5 Å². The number of H-pyrrole nitrogens is 1. The molecule has 2 aromatic rings. The zero-order chi connectivity index (χ0) is 12.4. The Morgan fingerprint density at radius 3 is 2.65 bits per heavy atom. The summed E-state index contributed by atoms with van der Waals surface area (Å²) in [6.07, 6.45) is 0. The highest BCUT2D eigenvalue weighted by atomic mass is 79.9. The second-order valence-electron chi connectivity index (χ2n) is 3.17. The third-order valence-electron chi connectivity index (χ3n) is 1.96. The minimum absolute atomic E-state index is 0.194. The van der Waals surface area contributed by atoms with Crippen LogP contribution in [0.4, 0.5) is 23.0 Å². The predicted octanol–water partition coefficient (Wildman–Crippen LogP) is 3.41. The van der Waals surface area contributed by atoms with Crippen LogP contribution in [-0.4, -0.2) is 10.2 Å². The molecule has 5 N–H and O–H groups in total. The first-order valence-corrected chi connectivity index (χ1v) is 5.71. The molecule has 1 aromatic heterocycles. The molecular formula is C9H8BrClN6. The van der Waals surface area contributed by atoms with E-state index in [1.807, 2.05) is 6.07 Å². The fraction of sp³-hybridized carbons (Fsp3) is 0. The monoisotopic (exact) mass is 314 g/mol. The summed E-state index contributed by atoms with van der Waals surface area (Å²) in [5.41, 5.74) is 12.0. The van der Waals surface area contributed by atoms with Gasteiger partial charge >= 0.3 is 0 Å². The van der Waals surface area contributed by atoms with Crippen molar-refractivity contribution in [2.24, 2.45) is 10.2 Å². The lowest BCUT2D eigenvalue weighted by atomic mass is 10.3. The standard InChI is InChI=1S/C9H8BrClN6/c10-4-1-2-6(5(11)3-4)14-15-7-8(12)16-17-9(7)13/h1-3H,(H5,12,13,16,17). The molecule has 0 saturated carbocycles. The molecule has 1 aromatic carbocycles. The van der Waals surface area contributed by atoms with Crippen molar-refractivity contribution < 1.29 is 0 Å². The predicted molar refractivity (Wildman–Crippen MR) is 70.7 cm³/mol. The lowest BCUT2D eigenvalue weighted by molar-refractivity contribution is 1.11. The topological polar surface area (TPSA) is 105 Å². The van der Waals surface area contributed by atoms with E-state index < -0.39 is 0 Å². The summed E-state index contributed by atoms with van der Waals surface area (Å²) in [7, 11) is 0. The summed E-state index contributed by atoms with van der Waals surface area (Å²) in [6, 6.07) is 5.25.